The van der Waals surface area contributed by atoms with Crippen molar-refractivity contribution in [2.24, 2.45) is 0 Å². The average Bonchev–Trinajstić information content (AvgIpc) is 2.34. The van der Waals surface area contributed by atoms with Crippen LogP contribution < -0.4 is 10.5 Å². The summed E-state index contributed by atoms with van der Waals surface area (Å²) in [5.74, 6) is -0.584. The number of anilines is 2. The summed E-state index contributed by atoms with van der Waals surface area (Å²) in [7, 11) is -3.83. The zero-order chi connectivity index (χ0) is 14.0. The highest BCUT2D eigenvalue weighted by molar-refractivity contribution is 7.92. The molecule has 0 atom stereocenters. The van der Waals surface area contributed by atoms with E-state index in [1.807, 2.05) is 0 Å². The van der Waals surface area contributed by atoms with Crippen LogP contribution in [0.2, 0.25) is 5.02 Å². The van der Waals surface area contributed by atoms with Crippen molar-refractivity contribution in [1.29, 1.82) is 0 Å². The van der Waals surface area contributed by atoms with Gasteiger partial charge in [-0.2, -0.15) is 0 Å². The second-order valence-corrected chi connectivity index (χ2v) is 5.89. The van der Waals surface area contributed by atoms with Crippen LogP contribution in [0.4, 0.5) is 15.8 Å². The summed E-state index contributed by atoms with van der Waals surface area (Å²) in [6, 6.07) is 9.05. The lowest BCUT2D eigenvalue weighted by Crippen LogP contribution is -2.13. The lowest BCUT2D eigenvalue weighted by Gasteiger charge is -2.09. The first-order valence-corrected chi connectivity index (χ1v) is 7.08. The minimum absolute atomic E-state index is 0.0153. The van der Waals surface area contributed by atoms with Crippen molar-refractivity contribution in [3.63, 3.8) is 0 Å². The first kappa shape index (κ1) is 13.6. The Kier molecular flexibility index (Phi) is 3.64. The van der Waals surface area contributed by atoms with Crippen LogP contribution in [0.15, 0.2) is 47.4 Å². The van der Waals surface area contributed by atoms with E-state index < -0.39 is 15.8 Å². The molecule has 0 fully saturated rings. The Hall–Kier alpha value is -1.79. The van der Waals surface area contributed by atoms with Gasteiger partial charge in [-0.1, -0.05) is 11.6 Å². The molecule has 100 valence electrons. The zero-order valence-corrected chi connectivity index (χ0v) is 11.2. The van der Waals surface area contributed by atoms with Crippen LogP contribution in [0, 0.1) is 5.82 Å². The molecule has 2 aromatic carbocycles. The van der Waals surface area contributed by atoms with Gasteiger partial charge >= 0.3 is 0 Å². The third-order valence-corrected chi connectivity index (χ3v) is 4.07. The van der Waals surface area contributed by atoms with E-state index in [9.17, 15) is 12.8 Å². The van der Waals surface area contributed by atoms with E-state index in [1.54, 1.807) is 0 Å². The van der Waals surface area contributed by atoms with Gasteiger partial charge in [0.15, 0.2) is 0 Å². The number of sulfonamides is 1. The van der Waals surface area contributed by atoms with E-state index >= 15 is 0 Å². The molecule has 2 rings (SSSR count). The Morgan fingerprint density at radius 3 is 2.37 bits per heavy atom. The number of hydrogen-bond acceptors (Lipinski definition) is 3. The third kappa shape index (κ3) is 3.15. The Balaban J connectivity index is 2.36. The second-order valence-electron chi connectivity index (χ2n) is 3.80. The molecule has 0 spiro atoms. The highest BCUT2D eigenvalue weighted by Crippen LogP contribution is 2.25. The van der Waals surface area contributed by atoms with Gasteiger partial charge in [-0.25, -0.2) is 12.8 Å². The van der Waals surface area contributed by atoms with Crippen molar-refractivity contribution < 1.29 is 12.8 Å². The van der Waals surface area contributed by atoms with E-state index in [-0.39, 0.29) is 15.6 Å². The van der Waals surface area contributed by atoms with Gasteiger partial charge in [-0.05, 0) is 42.5 Å². The maximum absolute atomic E-state index is 13.1. The molecule has 0 saturated carbocycles. The monoisotopic (exact) mass is 300 g/mol. The predicted molar refractivity (Wildman–Crippen MR) is 73.1 cm³/mol. The van der Waals surface area contributed by atoms with Crippen molar-refractivity contribution in [1.82, 2.24) is 0 Å². The summed E-state index contributed by atoms with van der Waals surface area (Å²) in [5, 5.41) is 0.112. The quantitative estimate of drug-likeness (QED) is 0.856. The fourth-order valence-corrected chi connectivity index (χ4v) is 2.72. The highest BCUT2D eigenvalue weighted by atomic mass is 35.5. The number of rotatable bonds is 3. The summed E-state index contributed by atoms with van der Waals surface area (Å²) in [4.78, 5) is 0.0158. The summed E-state index contributed by atoms with van der Waals surface area (Å²) >= 11 is 5.80. The van der Waals surface area contributed by atoms with Crippen LogP contribution >= 0.6 is 11.6 Å². The predicted octanol–water partition coefficient (Wildman–Crippen LogP) is 2.86. The Bertz CT molecular complexity index is 702. The molecule has 0 radical (unpaired) electrons. The van der Waals surface area contributed by atoms with E-state index in [1.165, 1.54) is 30.3 Å². The van der Waals surface area contributed by atoms with E-state index in [2.05, 4.69) is 4.72 Å². The maximum Gasteiger partial charge on any atom is 0.261 e. The molecule has 19 heavy (non-hydrogen) atoms. The highest BCUT2D eigenvalue weighted by Gasteiger charge is 2.15. The molecular formula is C12H10ClFN2O2S. The number of hydrogen-bond donors (Lipinski definition) is 2. The fraction of sp³-hybridized carbons (Fsp3) is 0. The minimum atomic E-state index is -3.83. The second kappa shape index (κ2) is 5.07. The van der Waals surface area contributed by atoms with Gasteiger partial charge in [0.25, 0.3) is 10.0 Å². The summed E-state index contributed by atoms with van der Waals surface area (Å²) in [6.45, 7) is 0. The fourth-order valence-electron chi connectivity index (χ4n) is 1.43. The van der Waals surface area contributed by atoms with Crippen molar-refractivity contribution in [3.8, 4) is 0 Å². The number of nitrogens with two attached hydrogens (primary N) is 1. The first-order chi connectivity index (χ1) is 8.88. The maximum atomic E-state index is 13.1. The van der Waals surface area contributed by atoms with Gasteiger partial charge in [0.2, 0.25) is 0 Å². The Morgan fingerprint density at radius 2 is 1.74 bits per heavy atom. The van der Waals surface area contributed by atoms with Gasteiger partial charge in [-0.15, -0.1) is 0 Å². The normalized spacial score (nSPS) is 11.3. The zero-order valence-electron chi connectivity index (χ0n) is 9.60. The van der Waals surface area contributed by atoms with E-state index in [0.29, 0.717) is 5.69 Å². The molecule has 0 saturated heterocycles. The van der Waals surface area contributed by atoms with Crippen LogP contribution in [-0.4, -0.2) is 8.42 Å². The van der Waals surface area contributed by atoms with Gasteiger partial charge < -0.3 is 5.73 Å². The largest absolute Gasteiger partial charge is 0.399 e. The van der Waals surface area contributed by atoms with Crippen LogP contribution in [-0.2, 0) is 10.0 Å². The molecule has 0 aliphatic rings. The van der Waals surface area contributed by atoms with Crippen LogP contribution in [0.25, 0.3) is 0 Å². The lowest BCUT2D eigenvalue weighted by molar-refractivity contribution is 0.601. The minimum Gasteiger partial charge on any atom is -0.399 e. The molecule has 0 aliphatic carbocycles. The smallest absolute Gasteiger partial charge is 0.261 e. The number of halogens is 2. The SMILES string of the molecule is Nc1ccc(S(=O)(=O)Nc2cc(F)ccc2Cl)cc1. The molecule has 0 aromatic heterocycles. The van der Waals surface area contributed by atoms with Crippen molar-refractivity contribution in [2.75, 3.05) is 10.5 Å². The van der Waals surface area contributed by atoms with Gasteiger partial charge in [0.05, 0.1) is 15.6 Å². The molecule has 4 nitrogen and oxygen atoms in total. The number of nitrogens with one attached hydrogen (secondary N) is 1. The molecular weight excluding hydrogens is 291 g/mol. The summed E-state index contributed by atoms with van der Waals surface area (Å²) in [5.41, 5.74) is 5.91. The molecule has 0 amide bonds. The Morgan fingerprint density at radius 1 is 1.11 bits per heavy atom. The van der Waals surface area contributed by atoms with Crippen molar-refractivity contribution >= 4 is 33.0 Å². The standard InChI is InChI=1S/C12H10ClFN2O2S/c13-11-6-1-8(14)7-12(11)16-19(17,18)10-4-2-9(15)3-5-10/h1-7,16H,15H2. The van der Waals surface area contributed by atoms with E-state index in [0.717, 1.165) is 12.1 Å². The Labute approximate surface area is 115 Å². The van der Waals surface area contributed by atoms with Crippen molar-refractivity contribution in [3.05, 3.63) is 53.3 Å². The molecule has 2 aromatic rings. The molecule has 0 bridgehead atoms. The first-order valence-electron chi connectivity index (χ1n) is 5.22. The van der Waals surface area contributed by atoms with Crippen LogP contribution in [0.1, 0.15) is 0 Å². The van der Waals surface area contributed by atoms with Crippen molar-refractivity contribution in [2.45, 2.75) is 4.90 Å². The van der Waals surface area contributed by atoms with Gasteiger partial charge in [0, 0.05) is 5.69 Å². The molecule has 0 unspecified atom stereocenters. The summed E-state index contributed by atoms with van der Waals surface area (Å²) < 4.78 is 39.4. The van der Waals surface area contributed by atoms with Crippen LogP contribution in [0.5, 0.6) is 0 Å². The number of nitrogen functional groups attached to an aromatic ring is 1. The lowest BCUT2D eigenvalue weighted by atomic mass is 10.3. The van der Waals surface area contributed by atoms with Gasteiger partial charge in [-0.3, -0.25) is 4.72 Å². The summed E-state index contributed by atoms with van der Waals surface area (Å²) in [6.07, 6.45) is 0. The molecule has 0 heterocycles. The third-order valence-electron chi connectivity index (χ3n) is 2.36. The topological polar surface area (TPSA) is 72.2 Å². The molecule has 3 N–H and O–H groups in total. The average molecular weight is 301 g/mol. The molecule has 0 aliphatic heterocycles. The number of benzene rings is 2. The van der Waals surface area contributed by atoms with Gasteiger partial charge in [0.1, 0.15) is 5.82 Å². The van der Waals surface area contributed by atoms with E-state index in [4.69, 9.17) is 17.3 Å². The molecule has 7 heteroatoms. The van der Waals surface area contributed by atoms with Crippen LogP contribution in [0.3, 0.4) is 0 Å².